The Morgan fingerprint density at radius 3 is 2.89 bits per heavy atom. The van der Waals surface area contributed by atoms with E-state index in [1.807, 2.05) is 0 Å². The molecule has 1 aromatic carbocycles. The molecule has 100 valence electrons. The largest absolute Gasteiger partial charge is 0.377 e. The Balaban J connectivity index is 2.07. The fourth-order valence-electron chi connectivity index (χ4n) is 1.74. The van der Waals surface area contributed by atoms with Crippen LogP contribution in [0.1, 0.15) is 12.8 Å². The van der Waals surface area contributed by atoms with Crippen LogP contribution in [0, 0.1) is 5.82 Å². The average molecular weight is 338 g/mol. The fraction of sp³-hybridized carbons (Fsp3) is 0.455. The molecule has 1 N–H and O–H groups in total. The third-order valence-electron chi connectivity index (χ3n) is 2.73. The SMILES string of the molecule is O=S(=O)(NCC1CCCO1)c1ccc(Br)c(F)c1. The second-order valence-electron chi connectivity index (χ2n) is 4.06. The van der Waals surface area contributed by atoms with Crippen LogP contribution in [0.5, 0.6) is 0 Å². The summed E-state index contributed by atoms with van der Waals surface area (Å²) >= 11 is 2.98. The van der Waals surface area contributed by atoms with Gasteiger partial charge in [0.2, 0.25) is 10.0 Å². The Kier molecular flexibility index (Phi) is 4.37. The van der Waals surface area contributed by atoms with Crippen molar-refractivity contribution in [1.82, 2.24) is 4.72 Å². The van der Waals surface area contributed by atoms with Crippen LogP contribution in [-0.2, 0) is 14.8 Å². The van der Waals surface area contributed by atoms with E-state index in [0.717, 1.165) is 18.9 Å². The zero-order valence-corrected chi connectivity index (χ0v) is 11.9. The molecule has 0 amide bonds. The van der Waals surface area contributed by atoms with E-state index in [1.54, 1.807) is 0 Å². The second kappa shape index (κ2) is 5.64. The van der Waals surface area contributed by atoms with E-state index in [-0.39, 0.29) is 22.0 Å². The predicted octanol–water partition coefficient (Wildman–Crippen LogP) is 2.05. The van der Waals surface area contributed by atoms with Crippen LogP contribution in [0.3, 0.4) is 0 Å². The first kappa shape index (κ1) is 13.9. The van der Waals surface area contributed by atoms with Gasteiger partial charge in [-0.1, -0.05) is 0 Å². The summed E-state index contributed by atoms with van der Waals surface area (Å²) in [6, 6.07) is 3.71. The molecule has 0 spiro atoms. The summed E-state index contributed by atoms with van der Waals surface area (Å²) < 4.78 is 45.1. The van der Waals surface area contributed by atoms with Gasteiger partial charge in [0, 0.05) is 13.2 Å². The molecule has 1 fully saturated rings. The van der Waals surface area contributed by atoms with Gasteiger partial charge in [0.1, 0.15) is 5.82 Å². The van der Waals surface area contributed by atoms with Crippen LogP contribution in [0.15, 0.2) is 27.6 Å². The summed E-state index contributed by atoms with van der Waals surface area (Å²) in [5.74, 6) is -0.602. The normalized spacial score (nSPS) is 20.2. The number of nitrogens with one attached hydrogen (secondary N) is 1. The number of ether oxygens (including phenoxy) is 1. The second-order valence-corrected chi connectivity index (χ2v) is 6.68. The molecule has 1 aromatic rings. The molecular formula is C11H13BrFNO3S. The molecule has 0 saturated carbocycles. The van der Waals surface area contributed by atoms with Gasteiger partial charge < -0.3 is 4.74 Å². The van der Waals surface area contributed by atoms with Crippen molar-refractivity contribution in [3.8, 4) is 0 Å². The summed E-state index contributed by atoms with van der Waals surface area (Å²) in [4.78, 5) is -0.0822. The molecule has 2 rings (SSSR count). The highest BCUT2D eigenvalue weighted by atomic mass is 79.9. The van der Waals surface area contributed by atoms with Gasteiger partial charge in [-0.25, -0.2) is 17.5 Å². The van der Waals surface area contributed by atoms with E-state index in [1.165, 1.54) is 12.1 Å². The Morgan fingerprint density at radius 2 is 2.28 bits per heavy atom. The zero-order valence-electron chi connectivity index (χ0n) is 9.53. The highest BCUT2D eigenvalue weighted by molar-refractivity contribution is 9.10. The van der Waals surface area contributed by atoms with Crippen LogP contribution in [-0.4, -0.2) is 27.7 Å². The first-order valence-electron chi connectivity index (χ1n) is 5.55. The molecule has 7 heteroatoms. The van der Waals surface area contributed by atoms with Crippen molar-refractivity contribution in [2.45, 2.75) is 23.8 Å². The lowest BCUT2D eigenvalue weighted by atomic mass is 10.2. The molecule has 1 heterocycles. The maximum Gasteiger partial charge on any atom is 0.240 e. The van der Waals surface area contributed by atoms with Crippen molar-refractivity contribution in [3.05, 3.63) is 28.5 Å². The highest BCUT2D eigenvalue weighted by Crippen LogP contribution is 2.19. The summed E-state index contributed by atoms with van der Waals surface area (Å²) in [5.41, 5.74) is 0. The molecule has 4 nitrogen and oxygen atoms in total. The minimum absolute atomic E-state index is 0.0822. The molecule has 0 bridgehead atoms. The molecule has 1 saturated heterocycles. The Hall–Kier alpha value is -0.500. The lowest BCUT2D eigenvalue weighted by Crippen LogP contribution is -2.31. The van der Waals surface area contributed by atoms with Gasteiger partial charge in [0.05, 0.1) is 15.5 Å². The van der Waals surface area contributed by atoms with E-state index in [0.29, 0.717) is 6.61 Å². The molecule has 1 aliphatic rings. The predicted molar refractivity (Wildman–Crippen MR) is 68.3 cm³/mol. The van der Waals surface area contributed by atoms with E-state index < -0.39 is 15.8 Å². The van der Waals surface area contributed by atoms with Gasteiger partial charge in [-0.05, 0) is 47.0 Å². The first-order valence-corrected chi connectivity index (χ1v) is 7.83. The number of benzene rings is 1. The van der Waals surface area contributed by atoms with E-state index in [2.05, 4.69) is 20.7 Å². The van der Waals surface area contributed by atoms with E-state index in [4.69, 9.17) is 4.74 Å². The van der Waals surface area contributed by atoms with Crippen molar-refractivity contribution < 1.29 is 17.5 Å². The average Bonchev–Trinajstić information content (AvgIpc) is 2.83. The van der Waals surface area contributed by atoms with Crippen LogP contribution in [0.2, 0.25) is 0 Å². The maximum atomic E-state index is 13.3. The third-order valence-corrected chi connectivity index (χ3v) is 4.79. The number of rotatable bonds is 4. The summed E-state index contributed by atoms with van der Waals surface area (Å²) in [7, 11) is -3.68. The monoisotopic (exact) mass is 337 g/mol. The standard InChI is InChI=1S/C11H13BrFNO3S/c12-10-4-3-9(6-11(10)13)18(15,16)14-7-8-2-1-5-17-8/h3-4,6,8,14H,1-2,5,7H2. The van der Waals surface area contributed by atoms with Crippen molar-refractivity contribution in [2.75, 3.05) is 13.2 Å². The molecule has 0 aliphatic carbocycles. The topological polar surface area (TPSA) is 55.4 Å². The van der Waals surface area contributed by atoms with Gasteiger partial charge in [0.25, 0.3) is 0 Å². The van der Waals surface area contributed by atoms with Gasteiger partial charge in [0.15, 0.2) is 0 Å². The number of halogens is 2. The lowest BCUT2D eigenvalue weighted by Gasteiger charge is -2.11. The number of hydrogen-bond donors (Lipinski definition) is 1. The molecule has 1 unspecified atom stereocenters. The van der Waals surface area contributed by atoms with Crippen LogP contribution < -0.4 is 4.72 Å². The summed E-state index contributed by atoms with van der Waals surface area (Å²) in [6.07, 6.45) is 1.70. The molecule has 1 aliphatic heterocycles. The number of hydrogen-bond acceptors (Lipinski definition) is 3. The van der Waals surface area contributed by atoms with Gasteiger partial charge in [-0.15, -0.1) is 0 Å². The molecule has 0 radical (unpaired) electrons. The minimum Gasteiger partial charge on any atom is -0.377 e. The highest BCUT2D eigenvalue weighted by Gasteiger charge is 2.20. The molecular weight excluding hydrogens is 325 g/mol. The Labute approximate surface area is 114 Å². The number of sulfonamides is 1. The zero-order chi connectivity index (χ0) is 13.2. The quantitative estimate of drug-likeness (QED) is 0.914. The maximum absolute atomic E-state index is 13.3. The van der Waals surface area contributed by atoms with Crippen LogP contribution >= 0.6 is 15.9 Å². The Morgan fingerprint density at radius 1 is 1.50 bits per heavy atom. The third kappa shape index (κ3) is 3.28. The first-order chi connectivity index (χ1) is 8.49. The molecule has 18 heavy (non-hydrogen) atoms. The summed E-state index contributed by atoms with van der Waals surface area (Å²) in [6.45, 7) is 0.888. The fourth-order valence-corrected chi connectivity index (χ4v) is 3.06. The van der Waals surface area contributed by atoms with E-state index in [9.17, 15) is 12.8 Å². The smallest absolute Gasteiger partial charge is 0.240 e. The van der Waals surface area contributed by atoms with Crippen molar-refractivity contribution in [2.24, 2.45) is 0 Å². The van der Waals surface area contributed by atoms with Crippen molar-refractivity contribution in [1.29, 1.82) is 0 Å². The van der Waals surface area contributed by atoms with Crippen molar-refractivity contribution in [3.63, 3.8) is 0 Å². The van der Waals surface area contributed by atoms with E-state index >= 15 is 0 Å². The van der Waals surface area contributed by atoms with Crippen LogP contribution in [0.25, 0.3) is 0 Å². The lowest BCUT2D eigenvalue weighted by molar-refractivity contribution is 0.114. The van der Waals surface area contributed by atoms with Gasteiger partial charge in [-0.3, -0.25) is 0 Å². The van der Waals surface area contributed by atoms with Gasteiger partial charge >= 0.3 is 0 Å². The van der Waals surface area contributed by atoms with Crippen molar-refractivity contribution >= 4 is 26.0 Å². The summed E-state index contributed by atoms with van der Waals surface area (Å²) in [5, 5.41) is 0. The molecule has 1 atom stereocenters. The minimum atomic E-state index is -3.68. The van der Waals surface area contributed by atoms with Crippen LogP contribution in [0.4, 0.5) is 4.39 Å². The Bertz CT molecular complexity index is 529. The molecule has 0 aromatic heterocycles. The van der Waals surface area contributed by atoms with Gasteiger partial charge in [-0.2, -0.15) is 0 Å².